The van der Waals surface area contributed by atoms with Gasteiger partial charge in [0.2, 0.25) is 0 Å². The first-order chi connectivity index (χ1) is 16.9. The average molecular weight is 493 g/mol. The number of anilines is 1. The monoisotopic (exact) mass is 492 g/mol. The summed E-state index contributed by atoms with van der Waals surface area (Å²) in [5.41, 5.74) is 2.81. The van der Waals surface area contributed by atoms with Crippen molar-refractivity contribution in [1.29, 1.82) is 0 Å². The number of rotatable bonds is 5. The smallest absolute Gasteiger partial charge is 0.407 e. The van der Waals surface area contributed by atoms with E-state index in [0.717, 1.165) is 16.8 Å². The molecule has 0 atom stereocenters. The maximum atomic E-state index is 13.4. The van der Waals surface area contributed by atoms with E-state index in [0.29, 0.717) is 43.0 Å². The topological polar surface area (TPSA) is 105 Å². The van der Waals surface area contributed by atoms with E-state index in [4.69, 9.17) is 4.74 Å². The van der Waals surface area contributed by atoms with Gasteiger partial charge in [0, 0.05) is 49.5 Å². The van der Waals surface area contributed by atoms with Crippen molar-refractivity contribution in [1.82, 2.24) is 13.9 Å². The fourth-order valence-electron chi connectivity index (χ4n) is 4.41. The van der Waals surface area contributed by atoms with E-state index in [1.165, 1.54) is 15.1 Å². The molecule has 5 rings (SSSR count). The first-order valence-electron chi connectivity index (χ1n) is 11.1. The highest BCUT2D eigenvalue weighted by molar-refractivity contribution is 7.90. The normalized spacial score (nSPS) is 14.3. The van der Waals surface area contributed by atoms with Crippen molar-refractivity contribution < 1.29 is 23.1 Å². The number of carboxylic acid groups (broad SMARTS) is 1. The van der Waals surface area contributed by atoms with Crippen molar-refractivity contribution in [3.05, 3.63) is 73.1 Å². The zero-order valence-corrected chi connectivity index (χ0v) is 19.9. The van der Waals surface area contributed by atoms with Crippen LogP contribution in [0.1, 0.15) is 0 Å². The number of aromatic nitrogens is 2. The van der Waals surface area contributed by atoms with Crippen LogP contribution >= 0.6 is 0 Å². The van der Waals surface area contributed by atoms with Crippen molar-refractivity contribution in [2.75, 3.05) is 38.2 Å². The lowest BCUT2D eigenvalue weighted by Gasteiger charge is -2.36. The molecule has 10 heteroatoms. The van der Waals surface area contributed by atoms with E-state index in [2.05, 4.69) is 9.88 Å². The van der Waals surface area contributed by atoms with Crippen LogP contribution in [0.2, 0.25) is 0 Å². The third kappa shape index (κ3) is 4.06. The molecular formula is C25H24N4O5S. The van der Waals surface area contributed by atoms with Gasteiger partial charge in [0.15, 0.2) is 5.65 Å². The van der Waals surface area contributed by atoms with Crippen molar-refractivity contribution in [3.8, 4) is 16.9 Å². The van der Waals surface area contributed by atoms with Gasteiger partial charge < -0.3 is 19.6 Å². The fraction of sp³-hybridized carbons (Fsp3) is 0.200. The lowest BCUT2D eigenvalue weighted by Crippen LogP contribution is -2.48. The van der Waals surface area contributed by atoms with Gasteiger partial charge in [-0.1, -0.05) is 30.3 Å². The highest BCUT2D eigenvalue weighted by Gasteiger charge is 2.27. The maximum Gasteiger partial charge on any atom is 0.407 e. The summed E-state index contributed by atoms with van der Waals surface area (Å²) in [6.07, 6.45) is 2.25. The quantitative estimate of drug-likeness (QED) is 0.452. The van der Waals surface area contributed by atoms with Gasteiger partial charge in [-0.05, 0) is 35.9 Å². The molecule has 0 unspecified atom stereocenters. The molecule has 0 bridgehead atoms. The summed E-state index contributed by atoms with van der Waals surface area (Å²) >= 11 is 0. The number of hydrogen-bond donors (Lipinski definition) is 1. The number of amides is 1. The van der Waals surface area contributed by atoms with Crippen molar-refractivity contribution in [2.24, 2.45) is 0 Å². The molecule has 1 amide bonds. The third-order valence-electron chi connectivity index (χ3n) is 6.20. The number of pyridine rings is 1. The van der Waals surface area contributed by atoms with Crippen molar-refractivity contribution in [3.63, 3.8) is 0 Å². The van der Waals surface area contributed by atoms with E-state index in [9.17, 15) is 18.3 Å². The van der Waals surface area contributed by atoms with Crippen LogP contribution in [0, 0.1) is 0 Å². The molecule has 0 spiro atoms. The largest absolute Gasteiger partial charge is 0.497 e. The zero-order valence-electron chi connectivity index (χ0n) is 19.0. The Bertz CT molecular complexity index is 1490. The summed E-state index contributed by atoms with van der Waals surface area (Å²) < 4.78 is 33.3. The van der Waals surface area contributed by atoms with Gasteiger partial charge in [0.1, 0.15) is 5.75 Å². The summed E-state index contributed by atoms with van der Waals surface area (Å²) in [7, 11) is -2.25. The van der Waals surface area contributed by atoms with Gasteiger partial charge >= 0.3 is 6.09 Å². The molecule has 2 aromatic heterocycles. The lowest BCUT2D eigenvalue weighted by molar-refractivity contribution is 0.142. The lowest BCUT2D eigenvalue weighted by atomic mass is 10.0. The molecule has 1 aliphatic rings. The Morgan fingerprint density at radius 3 is 2.43 bits per heavy atom. The van der Waals surface area contributed by atoms with Crippen molar-refractivity contribution in [2.45, 2.75) is 4.90 Å². The van der Waals surface area contributed by atoms with Crippen LogP contribution in [-0.2, 0) is 10.0 Å². The standard InChI is InChI=1S/C25H24N4O5S/c1-34-19-7-5-6-18(16-19)22-17-26-24-21(23(22)27-12-14-28(15-13-27)25(30)31)10-11-29(24)35(32,33)20-8-3-2-4-9-20/h2-11,16-17H,12-15H2,1H3,(H,30,31). The molecule has 35 heavy (non-hydrogen) atoms. The summed E-state index contributed by atoms with van der Waals surface area (Å²) in [5.74, 6) is 0.688. The Morgan fingerprint density at radius 2 is 1.74 bits per heavy atom. The highest BCUT2D eigenvalue weighted by atomic mass is 32.2. The Labute approximate surface area is 202 Å². The Kier molecular flexibility index (Phi) is 5.81. The van der Waals surface area contributed by atoms with Crippen LogP contribution in [0.4, 0.5) is 10.5 Å². The number of hydrogen-bond acceptors (Lipinski definition) is 6. The van der Waals surface area contributed by atoms with Gasteiger partial charge in [-0.3, -0.25) is 0 Å². The molecule has 0 radical (unpaired) electrons. The van der Waals surface area contributed by atoms with Gasteiger partial charge in [0.05, 0.1) is 17.7 Å². The molecule has 1 fully saturated rings. The number of piperazine rings is 1. The number of methoxy groups -OCH3 is 1. The SMILES string of the molecule is COc1cccc(-c2cnc3c(ccn3S(=O)(=O)c3ccccc3)c2N2CCN(C(=O)O)CC2)c1. The van der Waals surface area contributed by atoms with E-state index >= 15 is 0 Å². The number of carbonyl (C=O) groups is 1. The predicted molar refractivity (Wildman–Crippen MR) is 133 cm³/mol. The molecule has 2 aromatic carbocycles. The Hall–Kier alpha value is -4.05. The van der Waals surface area contributed by atoms with E-state index in [-0.39, 0.29) is 4.90 Å². The summed E-state index contributed by atoms with van der Waals surface area (Å²) in [4.78, 5) is 19.7. The second-order valence-corrected chi connectivity index (χ2v) is 9.99. The van der Waals surface area contributed by atoms with E-state index < -0.39 is 16.1 Å². The minimum Gasteiger partial charge on any atom is -0.497 e. The molecule has 180 valence electrons. The minimum absolute atomic E-state index is 0.174. The Balaban J connectivity index is 1.68. The highest BCUT2D eigenvalue weighted by Crippen LogP contribution is 2.39. The van der Waals surface area contributed by atoms with E-state index in [1.54, 1.807) is 49.7 Å². The van der Waals surface area contributed by atoms with Crippen LogP contribution in [0.25, 0.3) is 22.2 Å². The third-order valence-corrected chi connectivity index (χ3v) is 7.88. The van der Waals surface area contributed by atoms with Crippen LogP contribution in [-0.4, -0.2) is 66.8 Å². The maximum absolute atomic E-state index is 13.4. The van der Waals surface area contributed by atoms with Crippen LogP contribution in [0.15, 0.2) is 78.0 Å². The molecular weight excluding hydrogens is 468 g/mol. The number of ether oxygens (including phenoxy) is 1. The molecule has 1 aliphatic heterocycles. The first-order valence-corrected chi connectivity index (χ1v) is 12.5. The predicted octanol–water partition coefficient (Wildman–Crippen LogP) is 3.75. The second kappa shape index (κ2) is 8.95. The van der Waals surface area contributed by atoms with Crippen molar-refractivity contribution >= 4 is 32.8 Å². The fourth-order valence-corrected chi connectivity index (χ4v) is 5.74. The van der Waals surface area contributed by atoms with Gasteiger partial charge in [0.25, 0.3) is 10.0 Å². The van der Waals surface area contributed by atoms with Crippen LogP contribution in [0.3, 0.4) is 0 Å². The number of fused-ring (bicyclic) bond motifs is 1. The molecule has 1 saturated heterocycles. The average Bonchev–Trinajstić information content (AvgIpc) is 3.34. The second-order valence-electron chi connectivity index (χ2n) is 8.18. The Morgan fingerprint density at radius 1 is 1.00 bits per heavy atom. The molecule has 4 aromatic rings. The van der Waals surface area contributed by atoms with E-state index in [1.807, 2.05) is 24.3 Å². The molecule has 9 nitrogen and oxygen atoms in total. The van der Waals surface area contributed by atoms with Gasteiger partial charge in [-0.25, -0.2) is 22.2 Å². The molecule has 0 aliphatic carbocycles. The minimum atomic E-state index is -3.85. The number of benzene rings is 2. The number of nitrogens with zero attached hydrogens (tertiary/aromatic N) is 4. The zero-order chi connectivity index (χ0) is 24.6. The first kappa shape index (κ1) is 22.7. The van der Waals surface area contributed by atoms with Gasteiger partial charge in [-0.15, -0.1) is 0 Å². The van der Waals surface area contributed by atoms with Crippen LogP contribution in [0.5, 0.6) is 5.75 Å². The van der Waals surface area contributed by atoms with Crippen LogP contribution < -0.4 is 9.64 Å². The molecule has 3 heterocycles. The molecule has 0 saturated carbocycles. The summed E-state index contributed by atoms with van der Waals surface area (Å²) in [6, 6.07) is 17.6. The summed E-state index contributed by atoms with van der Waals surface area (Å²) in [5, 5.41) is 10.0. The molecule has 1 N–H and O–H groups in total. The van der Waals surface area contributed by atoms with Gasteiger partial charge in [-0.2, -0.15) is 0 Å². The summed E-state index contributed by atoms with van der Waals surface area (Å²) in [6.45, 7) is 1.64.